The van der Waals surface area contributed by atoms with Crippen molar-refractivity contribution in [3.05, 3.63) is 27.2 Å². The summed E-state index contributed by atoms with van der Waals surface area (Å²) in [6.07, 6.45) is 1.54. The number of imidazole rings is 1. The number of fused-ring (bicyclic) bond motifs is 1. The van der Waals surface area contributed by atoms with E-state index in [1.807, 2.05) is 0 Å². The van der Waals surface area contributed by atoms with Crippen LogP contribution in [0.1, 0.15) is 0 Å². The van der Waals surface area contributed by atoms with Crippen LogP contribution >= 0.6 is 0 Å². The van der Waals surface area contributed by atoms with E-state index in [0.29, 0.717) is 35.8 Å². The average Bonchev–Trinajstić information content (AvgIpc) is 2.89. The van der Waals surface area contributed by atoms with E-state index < -0.39 is 10.8 Å². The summed E-state index contributed by atoms with van der Waals surface area (Å²) in [7, 11) is 2.64. The minimum absolute atomic E-state index is 0.307. The molecular weight excluding hydrogens is 306 g/mol. The van der Waals surface area contributed by atoms with E-state index in [1.165, 1.54) is 15.5 Å². The summed E-state index contributed by atoms with van der Waals surface area (Å²) < 4.78 is 15.7. The minimum atomic E-state index is -0.725. The Labute approximate surface area is 129 Å². The number of aryl methyl sites for hydroxylation is 2. The SMILES string of the molecule is Cn1cnc2c1c(=O)n(CCN1CCS(=O)CC1)c(=O)n2C. The van der Waals surface area contributed by atoms with Crippen molar-refractivity contribution >= 4 is 22.0 Å². The molecule has 0 bridgehead atoms. The van der Waals surface area contributed by atoms with E-state index in [2.05, 4.69) is 9.88 Å². The fraction of sp³-hybridized carbons (Fsp3) is 0.615. The number of hydrogen-bond donors (Lipinski definition) is 0. The summed E-state index contributed by atoms with van der Waals surface area (Å²) in [6, 6.07) is 0. The van der Waals surface area contributed by atoms with Crippen LogP contribution in [0.2, 0.25) is 0 Å². The maximum Gasteiger partial charge on any atom is 0.332 e. The molecule has 120 valence electrons. The van der Waals surface area contributed by atoms with Gasteiger partial charge in [-0.3, -0.25) is 23.0 Å². The molecule has 0 unspecified atom stereocenters. The van der Waals surface area contributed by atoms with Crippen molar-refractivity contribution in [2.45, 2.75) is 6.54 Å². The molecule has 0 atom stereocenters. The van der Waals surface area contributed by atoms with Crippen LogP contribution in [0.25, 0.3) is 11.2 Å². The molecule has 3 rings (SSSR count). The van der Waals surface area contributed by atoms with Gasteiger partial charge in [-0.15, -0.1) is 0 Å². The van der Waals surface area contributed by atoms with Gasteiger partial charge in [-0.05, 0) is 0 Å². The lowest BCUT2D eigenvalue weighted by atomic mass is 10.4. The molecule has 2 aromatic rings. The van der Waals surface area contributed by atoms with E-state index >= 15 is 0 Å². The van der Waals surface area contributed by atoms with Gasteiger partial charge in [0.15, 0.2) is 11.2 Å². The van der Waals surface area contributed by atoms with Crippen molar-refractivity contribution < 1.29 is 4.21 Å². The fourth-order valence-electron chi connectivity index (χ4n) is 2.73. The molecule has 8 nitrogen and oxygen atoms in total. The molecule has 0 aliphatic carbocycles. The van der Waals surface area contributed by atoms with Crippen molar-refractivity contribution in [3.63, 3.8) is 0 Å². The van der Waals surface area contributed by atoms with E-state index in [-0.39, 0.29) is 11.2 Å². The maximum absolute atomic E-state index is 12.5. The minimum Gasteiger partial charge on any atom is -0.328 e. The highest BCUT2D eigenvalue weighted by molar-refractivity contribution is 7.85. The van der Waals surface area contributed by atoms with Crippen LogP contribution in [0.4, 0.5) is 0 Å². The third kappa shape index (κ3) is 2.54. The summed E-state index contributed by atoms with van der Waals surface area (Å²) in [6.45, 7) is 2.43. The molecule has 3 heterocycles. The van der Waals surface area contributed by atoms with Crippen LogP contribution in [-0.4, -0.2) is 58.9 Å². The van der Waals surface area contributed by atoms with Crippen molar-refractivity contribution in [2.75, 3.05) is 31.1 Å². The lowest BCUT2D eigenvalue weighted by Crippen LogP contribution is -2.44. The largest absolute Gasteiger partial charge is 0.332 e. The van der Waals surface area contributed by atoms with Crippen molar-refractivity contribution in [3.8, 4) is 0 Å². The zero-order valence-corrected chi connectivity index (χ0v) is 13.5. The third-order valence-corrected chi connectivity index (χ3v) is 5.39. The predicted octanol–water partition coefficient (Wildman–Crippen LogP) is -1.50. The Kier molecular flexibility index (Phi) is 4.00. The monoisotopic (exact) mass is 325 g/mol. The lowest BCUT2D eigenvalue weighted by Gasteiger charge is -2.26. The van der Waals surface area contributed by atoms with Crippen molar-refractivity contribution in [2.24, 2.45) is 14.1 Å². The maximum atomic E-state index is 12.5. The molecule has 1 saturated heterocycles. The van der Waals surface area contributed by atoms with Gasteiger partial charge in [0.1, 0.15) is 0 Å². The fourth-order valence-corrected chi connectivity index (χ4v) is 3.86. The van der Waals surface area contributed by atoms with Gasteiger partial charge in [0, 0.05) is 62.6 Å². The first kappa shape index (κ1) is 15.2. The lowest BCUT2D eigenvalue weighted by molar-refractivity contribution is 0.282. The Hall–Kier alpha value is -1.74. The highest BCUT2D eigenvalue weighted by Gasteiger charge is 2.18. The molecule has 0 spiro atoms. The van der Waals surface area contributed by atoms with Crippen LogP contribution in [-0.2, 0) is 31.4 Å². The van der Waals surface area contributed by atoms with Gasteiger partial charge < -0.3 is 4.57 Å². The Morgan fingerprint density at radius 2 is 1.86 bits per heavy atom. The zero-order chi connectivity index (χ0) is 15.9. The van der Waals surface area contributed by atoms with Crippen LogP contribution in [0.3, 0.4) is 0 Å². The van der Waals surface area contributed by atoms with E-state index in [4.69, 9.17) is 0 Å². The van der Waals surface area contributed by atoms with Gasteiger partial charge in [0.2, 0.25) is 0 Å². The molecule has 1 aliphatic heterocycles. The molecule has 0 saturated carbocycles. The Morgan fingerprint density at radius 1 is 1.18 bits per heavy atom. The molecule has 1 aliphatic rings. The Bertz CT molecular complexity index is 840. The van der Waals surface area contributed by atoms with E-state index in [9.17, 15) is 13.8 Å². The van der Waals surface area contributed by atoms with E-state index in [1.54, 1.807) is 18.7 Å². The summed E-state index contributed by atoms with van der Waals surface area (Å²) in [5.41, 5.74) is 0.180. The van der Waals surface area contributed by atoms with Crippen LogP contribution < -0.4 is 11.2 Å². The van der Waals surface area contributed by atoms with Crippen LogP contribution in [0, 0.1) is 0 Å². The van der Waals surface area contributed by atoms with Gasteiger partial charge in [-0.25, -0.2) is 9.78 Å². The highest BCUT2D eigenvalue weighted by Crippen LogP contribution is 2.03. The Balaban J connectivity index is 1.91. The van der Waals surface area contributed by atoms with Gasteiger partial charge in [0.05, 0.1) is 6.33 Å². The smallest absolute Gasteiger partial charge is 0.328 e. The number of aromatic nitrogens is 4. The first-order chi connectivity index (χ1) is 10.5. The molecule has 1 fully saturated rings. The second kappa shape index (κ2) is 5.81. The summed E-state index contributed by atoms with van der Waals surface area (Å²) in [5, 5.41) is 0. The van der Waals surface area contributed by atoms with Crippen LogP contribution in [0.15, 0.2) is 15.9 Å². The predicted molar refractivity (Wildman–Crippen MR) is 84.5 cm³/mol. The zero-order valence-electron chi connectivity index (χ0n) is 12.7. The summed E-state index contributed by atoms with van der Waals surface area (Å²) in [5.74, 6) is 1.32. The molecule has 22 heavy (non-hydrogen) atoms. The second-order valence-electron chi connectivity index (χ2n) is 5.52. The average molecular weight is 325 g/mol. The van der Waals surface area contributed by atoms with Crippen LogP contribution in [0.5, 0.6) is 0 Å². The molecule has 0 amide bonds. The summed E-state index contributed by atoms with van der Waals surface area (Å²) >= 11 is 0. The number of nitrogens with zero attached hydrogens (tertiary/aromatic N) is 5. The van der Waals surface area contributed by atoms with Crippen molar-refractivity contribution in [1.82, 2.24) is 23.6 Å². The standard InChI is InChI=1S/C13H19N5O3S/c1-15-9-14-11-10(15)12(19)18(13(20)16(11)2)4-3-17-5-7-22(21)8-6-17/h9H,3-8H2,1-2H3. The first-order valence-corrected chi connectivity index (χ1v) is 8.66. The third-order valence-electron chi connectivity index (χ3n) is 4.11. The van der Waals surface area contributed by atoms with Gasteiger partial charge in [-0.1, -0.05) is 0 Å². The first-order valence-electron chi connectivity index (χ1n) is 7.17. The Morgan fingerprint density at radius 3 is 2.55 bits per heavy atom. The number of rotatable bonds is 3. The molecule has 0 N–H and O–H groups in total. The molecule has 2 aromatic heterocycles. The molecule has 0 radical (unpaired) electrons. The highest BCUT2D eigenvalue weighted by atomic mass is 32.2. The molecule has 0 aromatic carbocycles. The second-order valence-corrected chi connectivity index (χ2v) is 7.21. The van der Waals surface area contributed by atoms with Gasteiger partial charge in [-0.2, -0.15) is 0 Å². The number of hydrogen-bond acceptors (Lipinski definition) is 5. The topological polar surface area (TPSA) is 82.1 Å². The summed E-state index contributed by atoms with van der Waals surface area (Å²) in [4.78, 5) is 31.1. The van der Waals surface area contributed by atoms with Gasteiger partial charge >= 0.3 is 5.69 Å². The van der Waals surface area contributed by atoms with E-state index in [0.717, 1.165) is 13.1 Å². The normalized spacial score (nSPS) is 17.4. The van der Waals surface area contributed by atoms with Gasteiger partial charge in [0.25, 0.3) is 5.56 Å². The van der Waals surface area contributed by atoms with Crippen molar-refractivity contribution in [1.29, 1.82) is 0 Å². The quantitative estimate of drug-likeness (QED) is 0.686. The molecular formula is C13H19N5O3S. The molecule has 9 heteroatoms.